The first-order chi connectivity index (χ1) is 35.2. The highest BCUT2D eigenvalue weighted by Crippen LogP contribution is 2.43. The molecule has 0 aliphatic heterocycles. The second-order valence-corrected chi connectivity index (χ2v) is 14.6. The summed E-state index contributed by atoms with van der Waals surface area (Å²) >= 11 is 1.61. The molecule has 3 aromatic heterocycles. The number of hydrogen-bond acceptors (Lipinski definition) is 5. The van der Waals surface area contributed by atoms with Gasteiger partial charge in [0.2, 0.25) is 0 Å². The van der Waals surface area contributed by atoms with Crippen LogP contribution in [-0.4, -0.2) is 15.0 Å². The van der Waals surface area contributed by atoms with Crippen LogP contribution in [0.3, 0.4) is 0 Å². The van der Waals surface area contributed by atoms with E-state index in [0.717, 1.165) is 44.9 Å². The van der Waals surface area contributed by atoms with Crippen LogP contribution in [0.5, 0.6) is 0 Å². The summed E-state index contributed by atoms with van der Waals surface area (Å²) in [5.41, 5.74) is 2.75. The first-order valence-corrected chi connectivity index (χ1v) is 18.8. The van der Waals surface area contributed by atoms with Crippen molar-refractivity contribution in [2.75, 3.05) is 0 Å². The van der Waals surface area contributed by atoms with E-state index in [9.17, 15) is 5.48 Å². The van der Waals surface area contributed by atoms with E-state index in [1.807, 2.05) is 66.7 Å². The van der Waals surface area contributed by atoms with Gasteiger partial charge >= 0.3 is 0 Å². The van der Waals surface area contributed by atoms with Gasteiger partial charge in [-0.3, -0.25) is 0 Å². The molecule has 262 valence electrons. The summed E-state index contributed by atoms with van der Waals surface area (Å²) in [5.74, 6) is -0.764. The van der Waals surface area contributed by atoms with Crippen molar-refractivity contribution in [1.82, 2.24) is 15.0 Å². The highest BCUT2D eigenvalue weighted by molar-refractivity contribution is 7.26. The second kappa shape index (κ2) is 13.5. The van der Waals surface area contributed by atoms with Gasteiger partial charge in [0, 0.05) is 57.0 Å². The standard InChI is InChI=1S/C51H31N3S2/c1-3-12-32(13-4-1)36-16-9-17-37(30-36)33-24-26-35(27-25-33)49-52-50(54-51(53-49)42-20-11-23-45-48(42)40-18-7-8-21-43(40)55-45)38-28-29-41-46(31-38)56-44-22-10-19-39(47(41)44)34-14-5-2-6-15-34/h1-31H/i2D,5D,6D,7D,8D,10D,11D,14D,15D,18D,19D,20D,21D,22D,23D,28D,29D,31D. The lowest BCUT2D eigenvalue weighted by Crippen LogP contribution is -2.00. The average Bonchev–Trinajstić information content (AvgIpc) is 4.03. The largest absolute Gasteiger partial charge is 0.208 e. The fourth-order valence-corrected chi connectivity index (χ4v) is 8.69. The number of nitrogens with zero attached hydrogens (tertiary/aromatic N) is 3. The topological polar surface area (TPSA) is 38.7 Å². The van der Waals surface area contributed by atoms with Crippen LogP contribution in [-0.2, 0) is 0 Å². The molecule has 0 saturated heterocycles. The first kappa shape index (κ1) is 19.2. The Hall–Kier alpha value is -6.79. The molecule has 11 rings (SSSR count). The van der Waals surface area contributed by atoms with Crippen molar-refractivity contribution in [3.05, 3.63) is 188 Å². The molecule has 56 heavy (non-hydrogen) atoms. The number of hydrogen-bond donors (Lipinski definition) is 0. The molecule has 0 spiro atoms. The Morgan fingerprint density at radius 1 is 0.357 bits per heavy atom. The Bertz CT molecular complexity index is 4260. The summed E-state index contributed by atoms with van der Waals surface area (Å²) in [7, 11) is 0. The van der Waals surface area contributed by atoms with Gasteiger partial charge in [0.25, 0.3) is 0 Å². The predicted molar refractivity (Wildman–Crippen MR) is 238 cm³/mol. The molecular weight excluding hydrogens is 719 g/mol. The van der Waals surface area contributed by atoms with E-state index in [0.29, 0.717) is 5.56 Å². The molecule has 0 atom stereocenters. The summed E-state index contributed by atoms with van der Waals surface area (Å²) in [6.45, 7) is 0. The molecule has 0 amide bonds. The molecule has 3 heterocycles. The van der Waals surface area contributed by atoms with Gasteiger partial charge in [-0.1, -0.05) is 157 Å². The molecule has 3 nitrogen and oxygen atoms in total. The van der Waals surface area contributed by atoms with E-state index < -0.39 is 114 Å². The Kier molecular flexibility index (Phi) is 4.63. The Balaban J connectivity index is 1.20. The zero-order valence-corrected chi connectivity index (χ0v) is 30.3. The molecule has 0 radical (unpaired) electrons. The van der Waals surface area contributed by atoms with Crippen LogP contribution in [0, 0.1) is 0 Å². The Morgan fingerprint density at radius 2 is 0.929 bits per heavy atom. The zero-order valence-electron chi connectivity index (χ0n) is 46.7. The van der Waals surface area contributed by atoms with Gasteiger partial charge in [0.15, 0.2) is 17.5 Å². The van der Waals surface area contributed by atoms with Gasteiger partial charge in [-0.25, -0.2) is 15.0 Å². The van der Waals surface area contributed by atoms with Crippen LogP contribution in [0.15, 0.2) is 188 Å². The summed E-state index contributed by atoms with van der Waals surface area (Å²) in [4.78, 5) is 14.4. The number of rotatable bonds is 6. The Labute approximate surface area is 357 Å². The van der Waals surface area contributed by atoms with Crippen molar-refractivity contribution in [1.29, 1.82) is 0 Å². The molecule has 5 heteroatoms. The first-order valence-electron chi connectivity index (χ1n) is 26.2. The van der Waals surface area contributed by atoms with Crippen LogP contribution >= 0.6 is 22.7 Å². The van der Waals surface area contributed by atoms with Crippen molar-refractivity contribution < 1.29 is 24.7 Å². The minimum Gasteiger partial charge on any atom is -0.208 e. The molecule has 8 aromatic carbocycles. The number of benzene rings is 8. The van der Waals surface area contributed by atoms with E-state index in [-0.39, 0.29) is 74.5 Å². The van der Waals surface area contributed by atoms with Crippen LogP contribution in [0.1, 0.15) is 24.7 Å². The van der Waals surface area contributed by atoms with Crippen LogP contribution in [0.4, 0.5) is 0 Å². The van der Waals surface area contributed by atoms with Crippen molar-refractivity contribution in [3.63, 3.8) is 0 Å². The molecule has 0 aliphatic rings. The third kappa shape index (κ3) is 5.68. The van der Waals surface area contributed by atoms with E-state index >= 15 is 0 Å². The molecule has 11 aromatic rings. The summed E-state index contributed by atoms with van der Waals surface area (Å²) in [6, 6.07) is 14.4. The minimum atomic E-state index is -0.725. The molecule has 0 N–H and O–H groups in total. The highest BCUT2D eigenvalue weighted by Gasteiger charge is 2.18. The van der Waals surface area contributed by atoms with Crippen LogP contribution in [0.25, 0.3) is 108 Å². The predicted octanol–water partition coefficient (Wildman–Crippen LogP) is 14.6. The smallest absolute Gasteiger partial charge is 0.164 e. The van der Waals surface area contributed by atoms with Gasteiger partial charge in [-0.2, -0.15) is 0 Å². The Morgan fingerprint density at radius 3 is 1.71 bits per heavy atom. The SMILES string of the molecule is [2H]c1c([2H])c([2H])c(-c2c([2H])c([2H])c([2H])c3sc4c([2H])c(-c5nc(-c6ccc(-c7cccc(-c8ccccc8)c7)cc6)nc(-c6c([2H])c([2H])c([2H])c7sc8c([2H])c([2H])c([2H])c([2H])c8c67)n5)c([2H])c([2H])c4c23)c([2H])c1[2H]. The maximum atomic E-state index is 9.77. The van der Waals surface area contributed by atoms with Crippen molar-refractivity contribution in [2.45, 2.75) is 0 Å². The van der Waals surface area contributed by atoms with E-state index in [4.69, 9.17) is 34.1 Å². The quantitative estimate of drug-likeness (QED) is 0.169. The zero-order chi connectivity index (χ0) is 52.7. The van der Waals surface area contributed by atoms with Crippen molar-refractivity contribution >= 4 is 63.0 Å². The molecular formula is C51H31N3S2. The fourth-order valence-electron chi connectivity index (χ4n) is 6.70. The van der Waals surface area contributed by atoms with E-state index in [1.165, 1.54) is 0 Å². The number of aromatic nitrogens is 3. The minimum absolute atomic E-state index is 0.00127. The maximum Gasteiger partial charge on any atom is 0.164 e. The monoisotopic (exact) mass is 767 g/mol. The average molecular weight is 768 g/mol. The third-order valence-electron chi connectivity index (χ3n) is 9.30. The van der Waals surface area contributed by atoms with Crippen molar-refractivity contribution in [3.8, 4) is 67.5 Å². The lowest BCUT2D eigenvalue weighted by molar-refractivity contribution is 1.08. The maximum absolute atomic E-state index is 9.77. The van der Waals surface area contributed by atoms with Gasteiger partial charge in [0.1, 0.15) is 0 Å². The third-order valence-corrected chi connectivity index (χ3v) is 11.3. The van der Waals surface area contributed by atoms with Crippen LogP contribution < -0.4 is 0 Å². The summed E-state index contributed by atoms with van der Waals surface area (Å²) < 4.78 is 160. The fraction of sp³-hybridized carbons (Fsp3) is 0. The normalized spacial score (nSPS) is 16.1. The number of fused-ring (bicyclic) bond motifs is 6. The lowest BCUT2D eigenvalue weighted by atomic mass is 9.98. The second-order valence-electron chi connectivity index (χ2n) is 12.6. The molecule has 0 saturated carbocycles. The highest BCUT2D eigenvalue weighted by atomic mass is 32.1. The van der Waals surface area contributed by atoms with E-state index in [2.05, 4.69) is 0 Å². The van der Waals surface area contributed by atoms with Gasteiger partial charge in [0.05, 0.1) is 24.7 Å². The summed E-state index contributed by atoms with van der Waals surface area (Å²) in [5, 5.41) is -0.329. The van der Waals surface area contributed by atoms with E-state index in [1.54, 1.807) is 12.1 Å². The van der Waals surface area contributed by atoms with Gasteiger partial charge < -0.3 is 0 Å². The van der Waals surface area contributed by atoms with Gasteiger partial charge in [-0.15, -0.1) is 22.7 Å². The molecule has 0 aliphatic carbocycles. The molecule has 0 bridgehead atoms. The summed E-state index contributed by atoms with van der Waals surface area (Å²) in [6.07, 6.45) is 0. The van der Waals surface area contributed by atoms with Gasteiger partial charge in [-0.05, 0) is 63.6 Å². The lowest BCUT2D eigenvalue weighted by Gasteiger charge is -2.11. The molecule has 0 unspecified atom stereocenters. The molecule has 0 fully saturated rings. The van der Waals surface area contributed by atoms with Crippen molar-refractivity contribution in [2.24, 2.45) is 0 Å². The van der Waals surface area contributed by atoms with Crippen LogP contribution in [0.2, 0.25) is 0 Å². The number of thiophene rings is 2.